The molecule has 0 heteroatoms. The topological polar surface area (TPSA) is 0 Å². The minimum absolute atomic E-state index is 0.623. The lowest BCUT2D eigenvalue weighted by Crippen LogP contribution is -2.04. The zero-order chi connectivity index (χ0) is 11.8. The van der Waals surface area contributed by atoms with Crippen molar-refractivity contribution in [3.63, 3.8) is 0 Å². The number of fused-ring (bicyclic) bond motifs is 3. The first kappa shape index (κ1) is 10.6. The fourth-order valence-electron chi connectivity index (χ4n) is 2.71. The van der Waals surface area contributed by atoms with Crippen LogP contribution in [0.15, 0.2) is 42.5 Å². The van der Waals surface area contributed by atoms with Crippen molar-refractivity contribution in [2.45, 2.75) is 32.6 Å². The lowest BCUT2D eigenvalue weighted by Gasteiger charge is -2.21. The first-order valence-corrected chi connectivity index (χ1v) is 6.47. The van der Waals surface area contributed by atoms with Crippen LogP contribution in [0.3, 0.4) is 0 Å². The monoisotopic (exact) mass is 222 g/mol. The zero-order valence-corrected chi connectivity index (χ0v) is 10.5. The maximum absolute atomic E-state index is 2.40. The minimum Gasteiger partial charge on any atom is -0.0620 e. The lowest BCUT2D eigenvalue weighted by molar-refractivity contribution is 0.855. The van der Waals surface area contributed by atoms with Crippen LogP contribution in [0.1, 0.15) is 36.5 Å². The molecular weight excluding hydrogens is 204 g/mol. The van der Waals surface area contributed by atoms with Gasteiger partial charge in [0, 0.05) is 0 Å². The van der Waals surface area contributed by atoms with Crippen molar-refractivity contribution >= 4 is 0 Å². The summed E-state index contributed by atoms with van der Waals surface area (Å²) in [6.45, 7) is 4.52. The Morgan fingerprint density at radius 2 is 1.53 bits per heavy atom. The number of aryl methyl sites for hydroxylation is 2. The second-order valence-electron chi connectivity index (χ2n) is 5.23. The fraction of sp³-hybridized carbons (Fsp3) is 0.294. The molecule has 0 saturated carbocycles. The standard InChI is InChI=1S/C17H18/c1-12(2)14-9-10-17-15(11-14)8-7-13-5-3-4-6-16(13)17/h3-6,9-12H,7-8H2,1-2H3. The quantitative estimate of drug-likeness (QED) is 0.662. The summed E-state index contributed by atoms with van der Waals surface area (Å²) in [5.74, 6) is 0.623. The van der Waals surface area contributed by atoms with E-state index in [-0.39, 0.29) is 0 Å². The first-order chi connectivity index (χ1) is 8.25. The van der Waals surface area contributed by atoms with E-state index in [4.69, 9.17) is 0 Å². The Kier molecular flexibility index (Phi) is 2.51. The third kappa shape index (κ3) is 1.78. The molecule has 0 spiro atoms. The van der Waals surface area contributed by atoms with Gasteiger partial charge < -0.3 is 0 Å². The van der Waals surface area contributed by atoms with Crippen molar-refractivity contribution in [1.29, 1.82) is 0 Å². The summed E-state index contributed by atoms with van der Waals surface area (Å²) in [7, 11) is 0. The smallest absolute Gasteiger partial charge is 0.0149 e. The first-order valence-electron chi connectivity index (χ1n) is 6.47. The highest BCUT2D eigenvalue weighted by molar-refractivity contribution is 5.73. The van der Waals surface area contributed by atoms with E-state index in [1.165, 1.54) is 40.7 Å². The molecule has 86 valence electrons. The van der Waals surface area contributed by atoms with Crippen molar-refractivity contribution in [3.05, 3.63) is 59.2 Å². The van der Waals surface area contributed by atoms with Gasteiger partial charge in [0.25, 0.3) is 0 Å². The van der Waals surface area contributed by atoms with Crippen molar-refractivity contribution in [3.8, 4) is 11.1 Å². The summed E-state index contributed by atoms with van der Waals surface area (Å²) >= 11 is 0. The average molecular weight is 222 g/mol. The highest BCUT2D eigenvalue weighted by Gasteiger charge is 2.15. The van der Waals surface area contributed by atoms with Gasteiger partial charge in [0.1, 0.15) is 0 Å². The summed E-state index contributed by atoms with van der Waals surface area (Å²) in [4.78, 5) is 0. The van der Waals surface area contributed by atoms with Crippen molar-refractivity contribution in [2.75, 3.05) is 0 Å². The molecule has 0 atom stereocenters. The van der Waals surface area contributed by atoms with E-state index in [0.29, 0.717) is 5.92 Å². The largest absolute Gasteiger partial charge is 0.0620 e. The second-order valence-corrected chi connectivity index (χ2v) is 5.23. The molecule has 0 saturated heterocycles. The van der Waals surface area contributed by atoms with E-state index in [1.54, 1.807) is 0 Å². The Labute approximate surface area is 103 Å². The van der Waals surface area contributed by atoms with Crippen molar-refractivity contribution in [1.82, 2.24) is 0 Å². The second kappa shape index (κ2) is 4.03. The summed E-state index contributed by atoms with van der Waals surface area (Å²) in [5, 5.41) is 0. The predicted molar refractivity (Wildman–Crippen MR) is 73.4 cm³/mol. The Hall–Kier alpha value is -1.56. The van der Waals surface area contributed by atoms with Crippen LogP contribution in [0.5, 0.6) is 0 Å². The molecule has 17 heavy (non-hydrogen) atoms. The summed E-state index contributed by atoms with van der Waals surface area (Å²) in [6, 6.07) is 15.8. The van der Waals surface area contributed by atoms with Crippen LogP contribution in [-0.2, 0) is 12.8 Å². The predicted octanol–water partition coefficient (Wildman–Crippen LogP) is 4.58. The van der Waals surface area contributed by atoms with Crippen LogP contribution in [0.4, 0.5) is 0 Å². The number of benzene rings is 2. The molecule has 0 bridgehead atoms. The van der Waals surface area contributed by atoms with Gasteiger partial charge in [-0.05, 0) is 46.6 Å². The van der Waals surface area contributed by atoms with Gasteiger partial charge in [0.2, 0.25) is 0 Å². The Morgan fingerprint density at radius 3 is 2.35 bits per heavy atom. The highest BCUT2D eigenvalue weighted by atomic mass is 14.2. The molecule has 2 aromatic carbocycles. The van der Waals surface area contributed by atoms with Gasteiger partial charge in [-0.1, -0.05) is 56.3 Å². The fourth-order valence-corrected chi connectivity index (χ4v) is 2.71. The maximum Gasteiger partial charge on any atom is -0.0149 e. The van der Waals surface area contributed by atoms with E-state index >= 15 is 0 Å². The third-order valence-corrected chi connectivity index (χ3v) is 3.77. The molecule has 0 nitrogen and oxygen atoms in total. The van der Waals surface area contributed by atoms with E-state index in [1.807, 2.05) is 0 Å². The molecule has 0 radical (unpaired) electrons. The zero-order valence-electron chi connectivity index (χ0n) is 10.5. The van der Waals surface area contributed by atoms with E-state index < -0.39 is 0 Å². The molecule has 3 rings (SSSR count). The minimum atomic E-state index is 0.623. The molecule has 0 unspecified atom stereocenters. The number of hydrogen-bond acceptors (Lipinski definition) is 0. The van der Waals surface area contributed by atoms with Gasteiger partial charge >= 0.3 is 0 Å². The van der Waals surface area contributed by atoms with Crippen LogP contribution in [-0.4, -0.2) is 0 Å². The molecule has 1 aliphatic carbocycles. The Bertz CT molecular complexity index is 550. The summed E-state index contributed by atoms with van der Waals surface area (Å²) < 4.78 is 0. The molecule has 2 aromatic rings. The molecule has 1 aliphatic rings. The van der Waals surface area contributed by atoms with Gasteiger partial charge in [-0.3, -0.25) is 0 Å². The Morgan fingerprint density at radius 1 is 0.824 bits per heavy atom. The number of rotatable bonds is 1. The maximum atomic E-state index is 2.40. The van der Waals surface area contributed by atoms with Gasteiger partial charge in [-0.15, -0.1) is 0 Å². The van der Waals surface area contributed by atoms with E-state index in [0.717, 1.165) is 0 Å². The van der Waals surface area contributed by atoms with E-state index in [2.05, 4.69) is 56.3 Å². The molecule has 0 aromatic heterocycles. The molecule has 0 N–H and O–H groups in total. The Balaban J connectivity index is 2.15. The third-order valence-electron chi connectivity index (χ3n) is 3.77. The summed E-state index contributed by atoms with van der Waals surface area (Å²) in [5.41, 5.74) is 7.36. The van der Waals surface area contributed by atoms with Gasteiger partial charge in [-0.25, -0.2) is 0 Å². The normalized spacial score (nSPS) is 13.4. The molecule has 0 aliphatic heterocycles. The van der Waals surface area contributed by atoms with Crippen LogP contribution < -0.4 is 0 Å². The van der Waals surface area contributed by atoms with Crippen molar-refractivity contribution in [2.24, 2.45) is 0 Å². The molecule has 0 heterocycles. The van der Waals surface area contributed by atoms with Gasteiger partial charge in [0.15, 0.2) is 0 Å². The summed E-state index contributed by atoms with van der Waals surface area (Å²) in [6.07, 6.45) is 2.37. The highest BCUT2D eigenvalue weighted by Crippen LogP contribution is 2.34. The van der Waals surface area contributed by atoms with Crippen molar-refractivity contribution < 1.29 is 0 Å². The van der Waals surface area contributed by atoms with Gasteiger partial charge in [0.05, 0.1) is 0 Å². The molecular formula is C17H18. The average Bonchev–Trinajstić information content (AvgIpc) is 2.38. The van der Waals surface area contributed by atoms with Crippen LogP contribution >= 0.6 is 0 Å². The lowest BCUT2D eigenvalue weighted by atomic mass is 9.84. The van der Waals surface area contributed by atoms with Gasteiger partial charge in [-0.2, -0.15) is 0 Å². The van der Waals surface area contributed by atoms with Crippen LogP contribution in [0, 0.1) is 0 Å². The van der Waals surface area contributed by atoms with E-state index in [9.17, 15) is 0 Å². The molecule has 0 amide bonds. The SMILES string of the molecule is CC(C)c1ccc2c(c1)CCc1ccccc1-2. The molecule has 0 fully saturated rings. The van der Waals surface area contributed by atoms with Crippen LogP contribution in [0.2, 0.25) is 0 Å². The number of hydrogen-bond donors (Lipinski definition) is 0. The van der Waals surface area contributed by atoms with Crippen LogP contribution in [0.25, 0.3) is 11.1 Å².